The summed E-state index contributed by atoms with van der Waals surface area (Å²) in [5.41, 5.74) is -1.76. The molecule has 3 heterocycles. The monoisotopic (exact) mass is 462 g/mol. The lowest BCUT2D eigenvalue weighted by atomic mass is 9.62. The number of carbonyl (C=O) groups is 3. The number of ether oxygens (including phenoxy) is 1. The Labute approximate surface area is 191 Å². The lowest BCUT2D eigenvalue weighted by Crippen LogP contribution is -2.57. The molecule has 3 unspecified atom stereocenters. The summed E-state index contributed by atoms with van der Waals surface area (Å²) >= 11 is 6.00. The van der Waals surface area contributed by atoms with Crippen molar-refractivity contribution in [2.45, 2.75) is 37.5 Å². The molecule has 32 heavy (non-hydrogen) atoms. The first kappa shape index (κ1) is 22.8. The van der Waals surface area contributed by atoms with Crippen molar-refractivity contribution in [1.29, 1.82) is 0 Å². The molecule has 172 valence electrons. The zero-order valence-electron chi connectivity index (χ0n) is 18.0. The van der Waals surface area contributed by atoms with Gasteiger partial charge < -0.3 is 24.7 Å². The number of carbonyl (C=O) groups excluding carboxylic acids is 2. The zero-order chi connectivity index (χ0) is 23.4. The standard InChI is InChI=1S/C23H27ClN2O6/c1-4-9-25(15-7-5-14(24)6-8-15)20(29)18-23-12-13(2)22(3,32-23)17(21(30)31)16(23)19(28)26(18)10-11-27/h4-8,13,16-18,27H,1,9-12H2,2-3H3,(H,30,31)/t13?,16-,17+,18?,22-,23?/m0/s1. The predicted molar refractivity (Wildman–Crippen MR) is 117 cm³/mol. The molecule has 0 aliphatic carbocycles. The van der Waals surface area contributed by atoms with Gasteiger partial charge >= 0.3 is 5.97 Å². The number of carboxylic acids is 1. The Morgan fingerprint density at radius 3 is 2.59 bits per heavy atom. The summed E-state index contributed by atoms with van der Waals surface area (Å²) in [6, 6.07) is 5.66. The first-order valence-corrected chi connectivity index (χ1v) is 11.0. The second-order valence-corrected chi connectivity index (χ2v) is 9.45. The number of amides is 2. The number of β-amino-alcohol motifs (C(OH)–C–C–N with tert-alkyl or cyclic N) is 1. The van der Waals surface area contributed by atoms with Gasteiger partial charge in [0, 0.05) is 23.8 Å². The number of hydrogen-bond donors (Lipinski definition) is 2. The summed E-state index contributed by atoms with van der Waals surface area (Å²) in [5.74, 6) is -4.20. The van der Waals surface area contributed by atoms with Crippen molar-refractivity contribution >= 4 is 35.1 Å². The molecule has 3 aliphatic rings. The van der Waals surface area contributed by atoms with Crippen molar-refractivity contribution in [3.05, 3.63) is 41.9 Å². The van der Waals surface area contributed by atoms with Gasteiger partial charge in [0.15, 0.2) is 0 Å². The zero-order valence-corrected chi connectivity index (χ0v) is 18.8. The third-order valence-electron chi connectivity index (χ3n) is 7.37. The number of aliphatic hydroxyl groups is 1. The molecule has 3 saturated heterocycles. The summed E-state index contributed by atoms with van der Waals surface area (Å²) in [4.78, 5) is 42.5. The first-order valence-electron chi connectivity index (χ1n) is 10.6. The highest BCUT2D eigenvalue weighted by atomic mass is 35.5. The van der Waals surface area contributed by atoms with Crippen molar-refractivity contribution in [3.8, 4) is 0 Å². The Hall–Kier alpha value is -2.42. The fraction of sp³-hybridized carbons (Fsp3) is 0.522. The highest BCUT2D eigenvalue weighted by Gasteiger charge is 2.80. The molecular formula is C23H27ClN2O6. The van der Waals surface area contributed by atoms with Gasteiger partial charge in [-0.25, -0.2) is 0 Å². The quantitative estimate of drug-likeness (QED) is 0.600. The third-order valence-corrected chi connectivity index (χ3v) is 7.62. The van der Waals surface area contributed by atoms with E-state index in [2.05, 4.69) is 6.58 Å². The number of likely N-dealkylation sites (tertiary alicyclic amines) is 1. The van der Waals surface area contributed by atoms with E-state index in [9.17, 15) is 24.6 Å². The van der Waals surface area contributed by atoms with Gasteiger partial charge in [-0.05, 0) is 43.5 Å². The summed E-state index contributed by atoms with van der Waals surface area (Å²) in [6.45, 7) is 7.09. The maximum Gasteiger partial charge on any atom is 0.310 e. The topological polar surface area (TPSA) is 107 Å². The molecule has 1 aromatic carbocycles. The Balaban J connectivity index is 1.83. The second kappa shape index (κ2) is 7.86. The molecule has 8 nitrogen and oxygen atoms in total. The maximum absolute atomic E-state index is 14.0. The van der Waals surface area contributed by atoms with Crippen molar-refractivity contribution in [3.63, 3.8) is 0 Å². The number of anilines is 1. The highest BCUT2D eigenvalue weighted by Crippen LogP contribution is 2.65. The van der Waals surface area contributed by atoms with Gasteiger partial charge in [0.2, 0.25) is 5.91 Å². The minimum Gasteiger partial charge on any atom is -0.481 e. The Morgan fingerprint density at radius 2 is 2.03 bits per heavy atom. The van der Waals surface area contributed by atoms with Crippen LogP contribution in [0.1, 0.15) is 20.3 Å². The number of fused-ring (bicyclic) bond motifs is 1. The molecule has 0 aromatic heterocycles. The summed E-state index contributed by atoms with van der Waals surface area (Å²) in [5, 5.41) is 20.1. The van der Waals surface area contributed by atoms with Gasteiger partial charge in [-0.15, -0.1) is 6.58 Å². The van der Waals surface area contributed by atoms with E-state index in [1.807, 2.05) is 6.92 Å². The molecule has 3 fully saturated rings. The van der Waals surface area contributed by atoms with Crippen molar-refractivity contribution in [2.75, 3.05) is 24.6 Å². The molecular weight excluding hydrogens is 436 g/mol. The molecule has 1 aromatic rings. The second-order valence-electron chi connectivity index (χ2n) is 9.01. The van der Waals surface area contributed by atoms with E-state index in [-0.39, 0.29) is 25.6 Å². The van der Waals surface area contributed by atoms with Gasteiger partial charge in [0.05, 0.1) is 18.1 Å². The first-order chi connectivity index (χ1) is 15.1. The van der Waals surface area contributed by atoms with E-state index in [4.69, 9.17) is 16.3 Å². The van der Waals surface area contributed by atoms with Crippen LogP contribution >= 0.6 is 11.6 Å². The van der Waals surface area contributed by atoms with Crippen molar-refractivity contribution in [1.82, 2.24) is 4.90 Å². The molecule has 6 atom stereocenters. The van der Waals surface area contributed by atoms with Crippen LogP contribution in [0.3, 0.4) is 0 Å². The van der Waals surface area contributed by atoms with E-state index < -0.39 is 46.9 Å². The van der Waals surface area contributed by atoms with Crippen LogP contribution in [0, 0.1) is 17.8 Å². The van der Waals surface area contributed by atoms with Gasteiger partial charge in [0.1, 0.15) is 17.6 Å². The van der Waals surface area contributed by atoms with Gasteiger partial charge in [-0.1, -0.05) is 24.6 Å². The van der Waals surface area contributed by atoms with E-state index in [0.717, 1.165) is 0 Å². The molecule has 2 N–H and O–H groups in total. The van der Waals surface area contributed by atoms with Crippen LogP contribution in [0.5, 0.6) is 0 Å². The largest absolute Gasteiger partial charge is 0.481 e. The van der Waals surface area contributed by atoms with Gasteiger partial charge in [-0.3, -0.25) is 14.4 Å². The fourth-order valence-electron chi connectivity index (χ4n) is 5.96. The van der Waals surface area contributed by atoms with Gasteiger partial charge in [-0.2, -0.15) is 0 Å². The lowest BCUT2D eigenvalue weighted by Gasteiger charge is -2.37. The molecule has 3 aliphatic heterocycles. The number of hydrogen-bond acceptors (Lipinski definition) is 5. The van der Waals surface area contributed by atoms with E-state index in [1.54, 1.807) is 37.3 Å². The number of aliphatic hydroxyl groups excluding tert-OH is 1. The normalized spacial score (nSPS) is 35.1. The average molecular weight is 463 g/mol. The number of carboxylic acid groups (broad SMARTS) is 1. The van der Waals surface area contributed by atoms with Crippen LogP contribution in [0.25, 0.3) is 0 Å². The van der Waals surface area contributed by atoms with Gasteiger partial charge in [0.25, 0.3) is 5.91 Å². The van der Waals surface area contributed by atoms with Crippen molar-refractivity contribution < 1.29 is 29.3 Å². The summed E-state index contributed by atoms with van der Waals surface area (Å²) in [6.07, 6.45) is 1.95. The fourth-order valence-corrected chi connectivity index (χ4v) is 6.09. The minimum atomic E-state index is -1.27. The summed E-state index contributed by atoms with van der Waals surface area (Å²) in [7, 11) is 0. The SMILES string of the molecule is C=CCN(C(=O)C1N(CCO)C(=O)[C@@H]2[C@H](C(=O)O)[C@@]3(C)OC12CC3C)c1ccc(Cl)cc1. The smallest absolute Gasteiger partial charge is 0.310 e. The molecule has 2 bridgehead atoms. The molecule has 1 spiro atoms. The van der Waals surface area contributed by atoms with Crippen LogP contribution < -0.4 is 4.90 Å². The molecule has 4 rings (SSSR count). The number of halogens is 1. The minimum absolute atomic E-state index is 0.0865. The third kappa shape index (κ3) is 3.00. The maximum atomic E-state index is 14.0. The Kier molecular flexibility index (Phi) is 5.59. The lowest BCUT2D eigenvalue weighted by molar-refractivity contribution is -0.156. The van der Waals surface area contributed by atoms with Crippen LogP contribution in [-0.2, 0) is 19.1 Å². The molecule has 2 amide bonds. The number of benzene rings is 1. The van der Waals surface area contributed by atoms with E-state index in [0.29, 0.717) is 17.1 Å². The average Bonchev–Trinajstić information content (AvgIpc) is 3.24. The Morgan fingerprint density at radius 1 is 1.38 bits per heavy atom. The summed E-state index contributed by atoms with van der Waals surface area (Å²) < 4.78 is 6.40. The van der Waals surface area contributed by atoms with E-state index >= 15 is 0 Å². The number of rotatable bonds is 7. The van der Waals surface area contributed by atoms with Crippen LogP contribution in [0.15, 0.2) is 36.9 Å². The number of aliphatic carboxylic acids is 1. The number of nitrogens with zero attached hydrogens (tertiary/aromatic N) is 2. The molecule has 0 saturated carbocycles. The van der Waals surface area contributed by atoms with Crippen LogP contribution in [0.2, 0.25) is 5.02 Å². The van der Waals surface area contributed by atoms with Crippen LogP contribution in [-0.4, -0.2) is 69.8 Å². The van der Waals surface area contributed by atoms with E-state index in [1.165, 1.54) is 9.80 Å². The highest BCUT2D eigenvalue weighted by molar-refractivity contribution is 6.30. The molecule has 9 heteroatoms. The predicted octanol–water partition coefficient (Wildman–Crippen LogP) is 1.95. The Bertz CT molecular complexity index is 968. The van der Waals surface area contributed by atoms with Crippen LogP contribution in [0.4, 0.5) is 5.69 Å². The van der Waals surface area contributed by atoms with Crippen molar-refractivity contribution in [2.24, 2.45) is 17.8 Å². The molecule has 0 radical (unpaired) electrons.